The largest absolute Gasteiger partial charge is 0.492 e. The summed E-state index contributed by atoms with van der Waals surface area (Å²) in [6.45, 7) is 6.04. The van der Waals surface area contributed by atoms with Crippen LogP contribution in [-0.4, -0.2) is 31.1 Å². The van der Waals surface area contributed by atoms with Crippen LogP contribution >= 0.6 is 11.6 Å². The molecule has 0 spiro atoms. The van der Waals surface area contributed by atoms with Crippen molar-refractivity contribution in [3.05, 3.63) is 28.8 Å². The summed E-state index contributed by atoms with van der Waals surface area (Å²) in [6, 6.07) is 5.70. The molecule has 1 aliphatic rings. The van der Waals surface area contributed by atoms with Gasteiger partial charge in [-0.05, 0) is 50.6 Å². The molecule has 0 aliphatic carbocycles. The number of ether oxygens (including phenoxy) is 1. The fourth-order valence-electron chi connectivity index (χ4n) is 2.44. The van der Waals surface area contributed by atoms with E-state index in [0.717, 1.165) is 17.9 Å². The third-order valence-electron chi connectivity index (χ3n) is 3.59. The minimum absolute atomic E-state index is 0.0464. The van der Waals surface area contributed by atoms with Gasteiger partial charge in [0.15, 0.2) is 0 Å². The van der Waals surface area contributed by atoms with Gasteiger partial charge in [0.2, 0.25) is 0 Å². The van der Waals surface area contributed by atoms with E-state index >= 15 is 0 Å². The molecule has 1 aromatic carbocycles. The molecule has 0 radical (unpaired) electrons. The van der Waals surface area contributed by atoms with Gasteiger partial charge < -0.3 is 10.5 Å². The zero-order valence-corrected chi connectivity index (χ0v) is 12.3. The lowest BCUT2D eigenvalue weighted by atomic mass is 10.1. The molecule has 1 heterocycles. The van der Waals surface area contributed by atoms with E-state index in [9.17, 15) is 0 Å². The minimum Gasteiger partial charge on any atom is -0.492 e. The lowest BCUT2D eigenvalue weighted by molar-refractivity contribution is 0.183. The zero-order valence-electron chi connectivity index (χ0n) is 11.6. The predicted octanol–water partition coefficient (Wildman–Crippen LogP) is 3.22. The quantitative estimate of drug-likeness (QED) is 0.901. The zero-order chi connectivity index (χ0) is 13.7. The molecule has 4 heteroatoms. The van der Waals surface area contributed by atoms with Gasteiger partial charge >= 0.3 is 0 Å². The van der Waals surface area contributed by atoms with E-state index in [2.05, 4.69) is 4.90 Å². The van der Waals surface area contributed by atoms with E-state index in [1.807, 2.05) is 25.1 Å². The Bertz CT molecular complexity index is 403. The van der Waals surface area contributed by atoms with Crippen molar-refractivity contribution < 1.29 is 4.74 Å². The average molecular weight is 283 g/mol. The van der Waals surface area contributed by atoms with E-state index in [1.54, 1.807) is 0 Å². The van der Waals surface area contributed by atoms with Gasteiger partial charge in [0.1, 0.15) is 12.4 Å². The maximum Gasteiger partial charge on any atom is 0.120 e. The second kappa shape index (κ2) is 7.13. The van der Waals surface area contributed by atoms with Gasteiger partial charge in [0.25, 0.3) is 0 Å². The topological polar surface area (TPSA) is 38.5 Å². The highest BCUT2D eigenvalue weighted by Gasteiger charge is 2.10. The van der Waals surface area contributed by atoms with Crippen molar-refractivity contribution in [3.63, 3.8) is 0 Å². The van der Waals surface area contributed by atoms with Crippen LogP contribution in [0, 0.1) is 0 Å². The summed E-state index contributed by atoms with van der Waals surface area (Å²) in [7, 11) is 0. The van der Waals surface area contributed by atoms with Crippen molar-refractivity contribution in [1.82, 2.24) is 4.90 Å². The lowest BCUT2D eigenvalue weighted by Gasteiger charge is -2.26. The molecule has 106 valence electrons. The Morgan fingerprint density at radius 3 is 2.68 bits per heavy atom. The monoisotopic (exact) mass is 282 g/mol. The molecule has 19 heavy (non-hydrogen) atoms. The van der Waals surface area contributed by atoms with E-state index in [4.69, 9.17) is 22.1 Å². The standard InChI is InChI=1S/C15H23ClN2O/c1-12(17)14-6-5-13(11-15(14)16)19-10-9-18-7-3-2-4-8-18/h5-6,11-12H,2-4,7-10,17H2,1H3. The van der Waals surface area contributed by atoms with Crippen LogP contribution in [0.15, 0.2) is 18.2 Å². The Kier molecular flexibility index (Phi) is 5.49. The van der Waals surface area contributed by atoms with E-state index in [-0.39, 0.29) is 6.04 Å². The number of halogens is 1. The summed E-state index contributed by atoms with van der Waals surface area (Å²) < 4.78 is 5.76. The molecule has 1 unspecified atom stereocenters. The molecule has 1 aliphatic heterocycles. The Morgan fingerprint density at radius 1 is 1.32 bits per heavy atom. The van der Waals surface area contributed by atoms with Crippen molar-refractivity contribution in [1.29, 1.82) is 0 Å². The first-order valence-electron chi connectivity index (χ1n) is 7.07. The van der Waals surface area contributed by atoms with Crippen LogP contribution in [0.3, 0.4) is 0 Å². The van der Waals surface area contributed by atoms with E-state index < -0.39 is 0 Å². The van der Waals surface area contributed by atoms with Gasteiger partial charge in [0, 0.05) is 17.6 Å². The van der Waals surface area contributed by atoms with Crippen LogP contribution in [0.4, 0.5) is 0 Å². The summed E-state index contributed by atoms with van der Waals surface area (Å²) in [4.78, 5) is 2.46. The number of hydrogen-bond donors (Lipinski definition) is 1. The smallest absolute Gasteiger partial charge is 0.120 e. The van der Waals surface area contributed by atoms with E-state index in [0.29, 0.717) is 11.6 Å². The van der Waals surface area contributed by atoms with Gasteiger partial charge in [-0.1, -0.05) is 24.1 Å². The molecule has 0 saturated carbocycles. The van der Waals surface area contributed by atoms with Crippen molar-refractivity contribution in [3.8, 4) is 5.75 Å². The number of hydrogen-bond acceptors (Lipinski definition) is 3. The van der Waals surface area contributed by atoms with Crippen LogP contribution in [0.1, 0.15) is 37.8 Å². The molecule has 1 saturated heterocycles. The number of piperidine rings is 1. The maximum absolute atomic E-state index is 6.18. The summed E-state index contributed by atoms with van der Waals surface area (Å²) in [5, 5.41) is 0.686. The van der Waals surface area contributed by atoms with E-state index in [1.165, 1.54) is 32.4 Å². The molecule has 2 rings (SSSR count). The van der Waals surface area contributed by atoms with Crippen molar-refractivity contribution in [2.45, 2.75) is 32.2 Å². The Labute approximate surface area is 120 Å². The predicted molar refractivity (Wildman–Crippen MR) is 79.8 cm³/mol. The van der Waals surface area contributed by atoms with Crippen molar-refractivity contribution in [2.75, 3.05) is 26.2 Å². The van der Waals surface area contributed by atoms with Crippen LogP contribution in [0.25, 0.3) is 0 Å². The fraction of sp³-hybridized carbons (Fsp3) is 0.600. The highest BCUT2D eigenvalue weighted by atomic mass is 35.5. The van der Waals surface area contributed by atoms with Gasteiger partial charge in [-0.25, -0.2) is 0 Å². The molecule has 0 aromatic heterocycles. The Balaban J connectivity index is 1.81. The van der Waals surface area contributed by atoms with Crippen molar-refractivity contribution >= 4 is 11.6 Å². The molecule has 0 amide bonds. The molecule has 2 N–H and O–H groups in total. The summed E-state index contributed by atoms with van der Waals surface area (Å²) in [6.07, 6.45) is 4.00. The van der Waals surface area contributed by atoms with Gasteiger partial charge in [0.05, 0.1) is 0 Å². The third-order valence-corrected chi connectivity index (χ3v) is 3.91. The first-order chi connectivity index (χ1) is 9.16. The first-order valence-corrected chi connectivity index (χ1v) is 7.45. The molecule has 1 aromatic rings. The van der Waals surface area contributed by atoms with Crippen LogP contribution < -0.4 is 10.5 Å². The second-order valence-corrected chi connectivity index (χ2v) is 5.63. The number of likely N-dealkylation sites (tertiary alicyclic amines) is 1. The highest BCUT2D eigenvalue weighted by molar-refractivity contribution is 6.31. The van der Waals surface area contributed by atoms with Gasteiger partial charge in [-0.15, -0.1) is 0 Å². The maximum atomic E-state index is 6.18. The molecular formula is C15H23ClN2O. The molecule has 1 atom stereocenters. The van der Waals surface area contributed by atoms with Crippen LogP contribution in [-0.2, 0) is 0 Å². The summed E-state index contributed by atoms with van der Waals surface area (Å²) in [5.74, 6) is 0.825. The molecule has 3 nitrogen and oxygen atoms in total. The molecule has 1 fully saturated rings. The Morgan fingerprint density at radius 2 is 2.05 bits per heavy atom. The Hall–Kier alpha value is -0.770. The first kappa shape index (κ1) is 14.6. The SMILES string of the molecule is CC(N)c1ccc(OCCN2CCCCC2)cc1Cl. The van der Waals surface area contributed by atoms with Crippen LogP contribution in [0.2, 0.25) is 5.02 Å². The molecular weight excluding hydrogens is 260 g/mol. The number of rotatable bonds is 5. The van der Waals surface area contributed by atoms with Crippen LogP contribution in [0.5, 0.6) is 5.75 Å². The second-order valence-electron chi connectivity index (χ2n) is 5.22. The number of benzene rings is 1. The number of nitrogens with two attached hydrogens (primary N) is 1. The van der Waals surface area contributed by atoms with Gasteiger partial charge in [-0.3, -0.25) is 4.90 Å². The van der Waals surface area contributed by atoms with Gasteiger partial charge in [-0.2, -0.15) is 0 Å². The third kappa shape index (κ3) is 4.37. The molecule has 0 bridgehead atoms. The minimum atomic E-state index is -0.0464. The highest BCUT2D eigenvalue weighted by Crippen LogP contribution is 2.26. The fourth-order valence-corrected chi connectivity index (χ4v) is 2.79. The van der Waals surface area contributed by atoms with Crippen molar-refractivity contribution in [2.24, 2.45) is 5.73 Å². The summed E-state index contributed by atoms with van der Waals surface area (Å²) >= 11 is 6.18. The number of nitrogens with zero attached hydrogens (tertiary/aromatic N) is 1. The lowest BCUT2D eigenvalue weighted by Crippen LogP contribution is -2.33. The summed E-state index contributed by atoms with van der Waals surface area (Å²) in [5.41, 5.74) is 6.79. The average Bonchev–Trinajstić information content (AvgIpc) is 2.39. The normalized spacial score (nSPS) is 18.3.